The van der Waals surface area contributed by atoms with Crippen LogP contribution in [0.3, 0.4) is 0 Å². The topological polar surface area (TPSA) is 46.6 Å². The van der Waals surface area contributed by atoms with Crippen molar-refractivity contribution in [2.24, 2.45) is 0 Å². The highest BCUT2D eigenvalue weighted by Crippen LogP contribution is 2.25. The first-order valence-electron chi connectivity index (χ1n) is 6.86. The molecule has 0 radical (unpaired) electrons. The van der Waals surface area contributed by atoms with Crippen molar-refractivity contribution in [1.29, 1.82) is 0 Å². The van der Waals surface area contributed by atoms with Crippen LogP contribution in [0.4, 0.5) is 0 Å². The molecule has 5 heteroatoms. The van der Waals surface area contributed by atoms with Gasteiger partial charge in [0.15, 0.2) is 5.44 Å². The monoisotopic (exact) mass is 297 g/mol. The lowest BCUT2D eigenvalue weighted by atomic mass is 9.87. The van der Waals surface area contributed by atoms with E-state index in [1.165, 1.54) is 0 Å². The Morgan fingerprint density at radius 3 is 2.30 bits per heavy atom. The van der Waals surface area contributed by atoms with Gasteiger partial charge in [-0.15, -0.1) is 0 Å². The summed E-state index contributed by atoms with van der Waals surface area (Å²) in [5.41, 5.74) is 0.379. The molecule has 1 aliphatic rings. The molecule has 0 spiro atoms. The van der Waals surface area contributed by atoms with Crippen LogP contribution in [0.5, 0.6) is 0 Å². The van der Waals surface area contributed by atoms with Crippen molar-refractivity contribution in [2.75, 3.05) is 26.7 Å². The third-order valence-corrected chi connectivity index (χ3v) is 5.54. The molecule has 1 aromatic rings. The van der Waals surface area contributed by atoms with Gasteiger partial charge in [-0.3, -0.25) is 0 Å². The van der Waals surface area contributed by atoms with Crippen LogP contribution >= 0.6 is 0 Å². The summed E-state index contributed by atoms with van der Waals surface area (Å²) in [6.45, 7) is 7.97. The maximum atomic E-state index is 12.5. The van der Waals surface area contributed by atoms with E-state index >= 15 is 0 Å². The number of nitrogens with zero attached hydrogens (tertiary/aromatic N) is 1. The van der Waals surface area contributed by atoms with Gasteiger partial charge >= 0.3 is 0 Å². The molecule has 0 saturated carbocycles. The van der Waals surface area contributed by atoms with Gasteiger partial charge in [0, 0.05) is 13.1 Å². The van der Waals surface area contributed by atoms with E-state index in [-0.39, 0.29) is 5.41 Å². The molecule has 1 fully saturated rings. The van der Waals surface area contributed by atoms with E-state index in [1.807, 2.05) is 24.1 Å². The molecule has 0 aromatic heterocycles. The summed E-state index contributed by atoms with van der Waals surface area (Å²) >= 11 is 0. The van der Waals surface area contributed by atoms with Gasteiger partial charge in [-0.05, 0) is 30.2 Å². The van der Waals surface area contributed by atoms with E-state index in [0.717, 1.165) is 12.1 Å². The first-order valence-corrected chi connectivity index (χ1v) is 8.40. The Balaban J connectivity index is 2.26. The Labute approximate surface area is 121 Å². The van der Waals surface area contributed by atoms with Gasteiger partial charge in [0.2, 0.25) is 9.84 Å². The molecule has 0 bridgehead atoms. The molecule has 2 rings (SSSR count). The average Bonchev–Trinajstić information content (AvgIpc) is 2.38. The van der Waals surface area contributed by atoms with Gasteiger partial charge in [0.25, 0.3) is 0 Å². The van der Waals surface area contributed by atoms with Crippen LogP contribution in [-0.2, 0) is 20.0 Å². The summed E-state index contributed by atoms with van der Waals surface area (Å²) in [7, 11) is -1.51. The molecule has 112 valence electrons. The van der Waals surface area contributed by atoms with Crippen LogP contribution in [0, 0.1) is 0 Å². The number of hydrogen-bond donors (Lipinski definition) is 0. The van der Waals surface area contributed by atoms with Gasteiger partial charge in [0.1, 0.15) is 0 Å². The highest BCUT2D eigenvalue weighted by molar-refractivity contribution is 7.92. The highest BCUT2D eigenvalue weighted by atomic mass is 32.2. The van der Waals surface area contributed by atoms with Crippen LogP contribution in [0.15, 0.2) is 29.2 Å². The number of likely N-dealkylation sites (N-methyl/N-ethyl adjacent to an activating group) is 1. The molecule has 0 aliphatic carbocycles. The molecule has 1 heterocycles. The summed E-state index contributed by atoms with van der Waals surface area (Å²) < 4.78 is 30.5. The maximum absolute atomic E-state index is 12.5. The van der Waals surface area contributed by atoms with E-state index in [1.54, 1.807) is 12.1 Å². The third kappa shape index (κ3) is 3.22. The number of benzene rings is 1. The zero-order chi connectivity index (χ0) is 15.0. The van der Waals surface area contributed by atoms with E-state index in [2.05, 4.69) is 20.8 Å². The summed E-state index contributed by atoms with van der Waals surface area (Å²) in [6, 6.07) is 7.15. The Morgan fingerprint density at radius 2 is 1.80 bits per heavy atom. The fourth-order valence-electron chi connectivity index (χ4n) is 2.22. The molecule has 4 nitrogen and oxygen atoms in total. The zero-order valence-corrected chi connectivity index (χ0v) is 13.4. The summed E-state index contributed by atoms with van der Waals surface area (Å²) in [4.78, 5) is 2.32. The molecule has 1 aliphatic heterocycles. The van der Waals surface area contributed by atoms with Crippen molar-refractivity contribution in [3.63, 3.8) is 0 Å². The summed E-state index contributed by atoms with van der Waals surface area (Å²) in [5.74, 6) is 0. The van der Waals surface area contributed by atoms with Crippen LogP contribution in [0.1, 0.15) is 26.3 Å². The van der Waals surface area contributed by atoms with Crippen molar-refractivity contribution >= 4 is 9.84 Å². The SMILES string of the molecule is CN1CCO[C@@H](S(=O)(=O)c2ccc(C(C)(C)C)cc2)C1. The van der Waals surface area contributed by atoms with Crippen LogP contribution in [0.2, 0.25) is 0 Å². The number of rotatable bonds is 2. The van der Waals surface area contributed by atoms with Crippen molar-refractivity contribution in [1.82, 2.24) is 4.90 Å². The Kier molecular flexibility index (Phi) is 4.23. The Hall–Kier alpha value is -0.910. The van der Waals surface area contributed by atoms with Crippen LogP contribution in [0.25, 0.3) is 0 Å². The lowest BCUT2D eigenvalue weighted by Crippen LogP contribution is -2.44. The first kappa shape index (κ1) is 15.5. The molecule has 1 atom stereocenters. The van der Waals surface area contributed by atoms with Crippen molar-refractivity contribution < 1.29 is 13.2 Å². The quantitative estimate of drug-likeness (QED) is 0.838. The number of morpholine rings is 1. The molecule has 0 unspecified atom stereocenters. The van der Waals surface area contributed by atoms with E-state index in [4.69, 9.17) is 4.74 Å². The molecule has 1 aromatic carbocycles. The summed E-state index contributed by atoms with van der Waals surface area (Å²) in [6.07, 6.45) is 0. The van der Waals surface area contributed by atoms with Gasteiger partial charge in [0.05, 0.1) is 11.5 Å². The predicted molar refractivity (Wildman–Crippen MR) is 79.6 cm³/mol. The largest absolute Gasteiger partial charge is 0.359 e. The average molecular weight is 297 g/mol. The Bertz CT molecular complexity index is 558. The van der Waals surface area contributed by atoms with Crippen molar-refractivity contribution in [2.45, 2.75) is 36.5 Å². The van der Waals surface area contributed by atoms with Crippen molar-refractivity contribution in [3.8, 4) is 0 Å². The molecule has 20 heavy (non-hydrogen) atoms. The highest BCUT2D eigenvalue weighted by Gasteiger charge is 2.32. The first-order chi connectivity index (χ1) is 9.21. The molecular formula is C15H23NO3S. The lowest BCUT2D eigenvalue weighted by molar-refractivity contribution is 0.0241. The van der Waals surface area contributed by atoms with E-state index in [9.17, 15) is 8.42 Å². The maximum Gasteiger partial charge on any atom is 0.206 e. The van der Waals surface area contributed by atoms with E-state index in [0.29, 0.717) is 18.0 Å². The normalized spacial score (nSPS) is 21.9. The minimum absolute atomic E-state index is 0.0177. The predicted octanol–water partition coefficient (Wildman–Crippen LogP) is 2.05. The number of sulfone groups is 1. The zero-order valence-electron chi connectivity index (χ0n) is 12.6. The smallest absolute Gasteiger partial charge is 0.206 e. The lowest BCUT2D eigenvalue weighted by Gasteiger charge is -2.29. The minimum atomic E-state index is -3.42. The van der Waals surface area contributed by atoms with Crippen LogP contribution in [-0.4, -0.2) is 45.5 Å². The molecule has 0 N–H and O–H groups in total. The Morgan fingerprint density at radius 1 is 1.20 bits per heavy atom. The molecule has 0 amide bonds. The standard InChI is InChI=1S/C15H23NO3S/c1-15(2,3)12-5-7-13(8-6-12)20(17,18)14-11-16(4)9-10-19-14/h5-8,14H,9-11H2,1-4H3/t14-/m0/s1. The van der Waals surface area contributed by atoms with Gasteiger partial charge < -0.3 is 9.64 Å². The minimum Gasteiger partial charge on any atom is -0.359 e. The second-order valence-electron chi connectivity index (χ2n) is 6.38. The summed E-state index contributed by atoms with van der Waals surface area (Å²) in [5, 5.41) is 0. The fraction of sp³-hybridized carbons (Fsp3) is 0.600. The second kappa shape index (κ2) is 5.47. The molecule has 1 saturated heterocycles. The third-order valence-electron chi connectivity index (χ3n) is 3.63. The van der Waals surface area contributed by atoms with Crippen molar-refractivity contribution in [3.05, 3.63) is 29.8 Å². The number of hydrogen-bond acceptors (Lipinski definition) is 4. The van der Waals surface area contributed by atoms with Crippen LogP contribution < -0.4 is 0 Å². The van der Waals surface area contributed by atoms with E-state index < -0.39 is 15.3 Å². The number of ether oxygens (including phenoxy) is 1. The van der Waals surface area contributed by atoms with Gasteiger partial charge in [-0.1, -0.05) is 32.9 Å². The van der Waals surface area contributed by atoms with Gasteiger partial charge in [-0.25, -0.2) is 8.42 Å². The fourth-order valence-corrected chi connectivity index (χ4v) is 3.77. The molecular weight excluding hydrogens is 274 g/mol. The second-order valence-corrected chi connectivity index (χ2v) is 8.47. The van der Waals surface area contributed by atoms with Gasteiger partial charge in [-0.2, -0.15) is 0 Å².